The second-order valence-corrected chi connectivity index (χ2v) is 7.94. The number of Topliss-reactive ketones (excluding diaryl/α,β-unsaturated/α-hetero) is 1. The van der Waals surface area contributed by atoms with Crippen LogP contribution in [0.5, 0.6) is 5.75 Å². The summed E-state index contributed by atoms with van der Waals surface area (Å²) in [5.41, 5.74) is 2.17. The first-order chi connectivity index (χ1) is 14.4. The maximum atomic E-state index is 13.1. The Kier molecular flexibility index (Phi) is 5.18. The molecule has 0 saturated carbocycles. The van der Waals surface area contributed by atoms with E-state index >= 15 is 0 Å². The van der Waals surface area contributed by atoms with E-state index < -0.39 is 17.7 Å². The van der Waals surface area contributed by atoms with Crippen molar-refractivity contribution in [1.82, 2.24) is 0 Å². The second-order valence-electron chi connectivity index (χ2n) is 7.02. The number of hydrogen-bond acceptors (Lipinski definition) is 4. The van der Waals surface area contributed by atoms with Crippen LogP contribution in [0.15, 0.2) is 82.8 Å². The van der Waals surface area contributed by atoms with Crippen LogP contribution in [-0.2, 0) is 9.59 Å². The molecule has 0 bridgehead atoms. The molecule has 3 aromatic carbocycles. The molecule has 0 aromatic heterocycles. The molecule has 1 aliphatic rings. The molecule has 3 aromatic rings. The number of anilines is 1. The summed E-state index contributed by atoms with van der Waals surface area (Å²) >= 11 is 3.35. The van der Waals surface area contributed by atoms with E-state index in [0.717, 1.165) is 10.0 Å². The normalized spacial score (nSPS) is 18.1. The number of aromatic hydroxyl groups is 1. The van der Waals surface area contributed by atoms with Gasteiger partial charge in [-0.2, -0.15) is 0 Å². The zero-order chi connectivity index (χ0) is 21.4. The molecule has 0 radical (unpaired) electrons. The smallest absolute Gasteiger partial charge is 0.300 e. The first kappa shape index (κ1) is 19.9. The quantitative estimate of drug-likeness (QED) is 0.322. The van der Waals surface area contributed by atoms with Crippen molar-refractivity contribution < 1.29 is 19.8 Å². The fraction of sp³-hybridized carbons (Fsp3) is 0.0833. The molecule has 0 aliphatic carbocycles. The number of phenolic OH excluding ortho intramolecular Hbond substituents is 1. The van der Waals surface area contributed by atoms with Crippen molar-refractivity contribution in [3.05, 3.63) is 99.5 Å². The number of rotatable bonds is 3. The lowest BCUT2D eigenvalue weighted by atomic mass is 9.92. The van der Waals surface area contributed by atoms with E-state index in [1.165, 1.54) is 11.0 Å². The van der Waals surface area contributed by atoms with E-state index in [4.69, 9.17) is 0 Å². The first-order valence-electron chi connectivity index (χ1n) is 9.30. The summed E-state index contributed by atoms with van der Waals surface area (Å²) in [6.07, 6.45) is 0. The zero-order valence-corrected chi connectivity index (χ0v) is 17.6. The minimum absolute atomic E-state index is 0.0140. The third kappa shape index (κ3) is 3.29. The Bertz CT molecular complexity index is 1180. The van der Waals surface area contributed by atoms with Crippen LogP contribution in [0.25, 0.3) is 5.76 Å². The maximum absolute atomic E-state index is 13.1. The Labute approximate surface area is 182 Å². The van der Waals surface area contributed by atoms with Crippen LogP contribution in [0.3, 0.4) is 0 Å². The van der Waals surface area contributed by atoms with Gasteiger partial charge in [-0.1, -0.05) is 64.5 Å². The average molecular weight is 464 g/mol. The summed E-state index contributed by atoms with van der Waals surface area (Å²) in [5.74, 6) is -1.98. The van der Waals surface area contributed by atoms with Crippen LogP contribution in [0, 0.1) is 6.92 Å². The predicted octanol–water partition coefficient (Wildman–Crippen LogP) is 5.09. The van der Waals surface area contributed by atoms with E-state index in [9.17, 15) is 19.8 Å². The van der Waals surface area contributed by atoms with Gasteiger partial charge in [0, 0.05) is 10.0 Å². The molecule has 6 heteroatoms. The van der Waals surface area contributed by atoms with E-state index in [-0.39, 0.29) is 22.8 Å². The van der Waals surface area contributed by atoms with Crippen LogP contribution in [-0.4, -0.2) is 21.9 Å². The molecule has 0 spiro atoms. The molecule has 1 heterocycles. The van der Waals surface area contributed by atoms with Gasteiger partial charge in [-0.3, -0.25) is 14.5 Å². The lowest BCUT2D eigenvalue weighted by Gasteiger charge is -2.27. The molecule has 1 atom stereocenters. The Morgan fingerprint density at radius 2 is 1.57 bits per heavy atom. The summed E-state index contributed by atoms with van der Waals surface area (Å²) in [4.78, 5) is 27.4. The number of benzene rings is 3. The predicted molar refractivity (Wildman–Crippen MR) is 118 cm³/mol. The van der Waals surface area contributed by atoms with Crippen LogP contribution >= 0.6 is 15.9 Å². The minimum atomic E-state index is -0.872. The molecule has 1 saturated heterocycles. The van der Waals surface area contributed by atoms with Crippen LogP contribution in [0.4, 0.5) is 5.69 Å². The Morgan fingerprint density at radius 1 is 0.933 bits per heavy atom. The number of ketones is 1. The van der Waals surface area contributed by atoms with E-state index in [0.29, 0.717) is 11.1 Å². The highest BCUT2D eigenvalue weighted by Crippen LogP contribution is 2.45. The molecule has 30 heavy (non-hydrogen) atoms. The van der Waals surface area contributed by atoms with Crippen LogP contribution < -0.4 is 4.90 Å². The fourth-order valence-corrected chi connectivity index (χ4v) is 3.96. The number of halogens is 1. The molecule has 5 nitrogen and oxygen atoms in total. The van der Waals surface area contributed by atoms with Gasteiger partial charge in [0.25, 0.3) is 11.7 Å². The van der Waals surface area contributed by atoms with E-state index in [2.05, 4.69) is 15.9 Å². The molecule has 2 N–H and O–H groups in total. The Hall–Kier alpha value is -3.38. The second kappa shape index (κ2) is 7.80. The number of carbonyl (C=O) groups is 2. The number of amides is 1. The van der Waals surface area contributed by atoms with Gasteiger partial charge in [-0.15, -0.1) is 0 Å². The van der Waals surface area contributed by atoms with Gasteiger partial charge < -0.3 is 10.2 Å². The highest BCUT2D eigenvalue weighted by atomic mass is 79.9. The molecule has 1 fully saturated rings. The molecule has 150 valence electrons. The first-order valence-corrected chi connectivity index (χ1v) is 10.1. The molecule has 1 unspecified atom stereocenters. The van der Waals surface area contributed by atoms with Crippen molar-refractivity contribution >= 4 is 39.1 Å². The topological polar surface area (TPSA) is 77.8 Å². The number of aliphatic hydroxyl groups excluding tert-OH is 1. The zero-order valence-electron chi connectivity index (χ0n) is 16.0. The van der Waals surface area contributed by atoms with Crippen molar-refractivity contribution in [2.24, 2.45) is 0 Å². The lowest BCUT2D eigenvalue weighted by molar-refractivity contribution is -0.132. The average Bonchev–Trinajstić information content (AvgIpc) is 2.99. The molecule has 1 aliphatic heterocycles. The van der Waals surface area contributed by atoms with Gasteiger partial charge in [0.05, 0.1) is 17.3 Å². The maximum Gasteiger partial charge on any atom is 0.300 e. The highest BCUT2D eigenvalue weighted by Gasteiger charge is 2.48. The third-order valence-electron chi connectivity index (χ3n) is 5.19. The summed E-state index contributed by atoms with van der Waals surface area (Å²) in [5, 5.41) is 21.5. The van der Waals surface area contributed by atoms with Crippen molar-refractivity contribution in [2.45, 2.75) is 13.0 Å². The summed E-state index contributed by atoms with van der Waals surface area (Å²) < 4.78 is 0.823. The van der Waals surface area contributed by atoms with Crippen molar-refractivity contribution in [3.8, 4) is 5.75 Å². The number of hydrogen-bond donors (Lipinski definition) is 2. The minimum Gasteiger partial charge on any atom is -0.507 e. The largest absolute Gasteiger partial charge is 0.507 e. The van der Waals surface area contributed by atoms with Crippen LogP contribution in [0.1, 0.15) is 22.7 Å². The lowest BCUT2D eigenvalue weighted by Crippen LogP contribution is -2.29. The van der Waals surface area contributed by atoms with Gasteiger partial charge >= 0.3 is 0 Å². The van der Waals surface area contributed by atoms with Gasteiger partial charge in [-0.25, -0.2) is 0 Å². The van der Waals surface area contributed by atoms with Gasteiger partial charge in [0.1, 0.15) is 11.5 Å². The Morgan fingerprint density at radius 3 is 2.23 bits per heavy atom. The Balaban J connectivity index is 1.99. The summed E-state index contributed by atoms with van der Waals surface area (Å²) in [7, 11) is 0. The molecular formula is C24H18BrNO4. The van der Waals surface area contributed by atoms with E-state index in [1.54, 1.807) is 42.5 Å². The molecular weight excluding hydrogens is 446 g/mol. The summed E-state index contributed by atoms with van der Waals surface area (Å²) in [6, 6.07) is 19.7. The van der Waals surface area contributed by atoms with Gasteiger partial charge in [0.2, 0.25) is 0 Å². The summed E-state index contributed by atoms with van der Waals surface area (Å²) in [6.45, 7) is 1.87. The monoisotopic (exact) mass is 463 g/mol. The number of phenols is 1. The number of carbonyl (C=O) groups excluding carboxylic acids is 2. The van der Waals surface area contributed by atoms with Crippen LogP contribution in [0.2, 0.25) is 0 Å². The number of aliphatic hydroxyl groups is 1. The van der Waals surface area contributed by atoms with Gasteiger partial charge in [-0.05, 0) is 42.3 Å². The number of aryl methyl sites for hydroxylation is 1. The number of nitrogens with zero attached hydrogens (tertiary/aromatic N) is 1. The van der Waals surface area contributed by atoms with Crippen molar-refractivity contribution in [2.75, 3.05) is 4.90 Å². The SMILES string of the molecule is Cc1ccccc1C1/C(=C(\O)c2ccc(Br)cc2)C(=O)C(=O)N1c1ccccc1O. The standard InChI is InChI=1S/C24H18BrNO4/c1-14-6-2-3-7-17(14)21-20(22(28)15-10-12-16(25)13-11-15)23(29)24(30)26(21)18-8-4-5-9-19(18)27/h2-13,21,27-28H,1H3/b22-20+. The third-order valence-corrected chi connectivity index (χ3v) is 5.72. The van der Waals surface area contributed by atoms with Gasteiger partial charge in [0.15, 0.2) is 0 Å². The molecule has 4 rings (SSSR count). The fourth-order valence-electron chi connectivity index (χ4n) is 3.70. The number of para-hydroxylation sites is 2. The molecule has 1 amide bonds. The van der Waals surface area contributed by atoms with Crippen molar-refractivity contribution in [3.63, 3.8) is 0 Å². The highest BCUT2D eigenvalue weighted by molar-refractivity contribution is 9.10. The van der Waals surface area contributed by atoms with E-state index in [1.807, 2.05) is 31.2 Å². The van der Waals surface area contributed by atoms with Crippen molar-refractivity contribution in [1.29, 1.82) is 0 Å².